The highest BCUT2D eigenvalue weighted by Crippen LogP contribution is 2.42. The Hall–Kier alpha value is -2.65. The molecule has 9 heteroatoms. The number of aromatic nitrogens is 3. The number of fused-ring (bicyclic) bond motifs is 6. The molecule has 2 aliphatic heterocycles. The second kappa shape index (κ2) is 7.80. The summed E-state index contributed by atoms with van der Waals surface area (Å²) in [5.74, 6) is 0.572. The predicted molar refractivity (Wildman–Crippen MR) is 124 cm³/mol. The van der Waals surface area contributed by atoms with Crippen LogP contribution in [-0.2, 0) is 10.5 Å². The highest BCUT2D eigenvalue weighted by Gasteiger charge is 2.62. The number of hydrogen-bond acceptors (Lipinski definition) is 5. The molecule has 0 bridgehead atoms. The van der Waals surface area contributed by atoms with Crippen molar-refractivity contribution in [3.63, 3.8) is 0 Å². The number of hydrogen-bond donors (Lipinski definition) is 3. The van der Waals surface area contributed by atoms with Crippen molar-refractivity contribution < 1.29 is 9.48 Å². The summed E-state index contributed by atoms with van der Waals surface area (Å²) in [7, 11) is 0. The van der Waals surface area contributed by atoms with Gasteiger partial charge in [-0.3, -0.25) is 14.6 Å². The number of para-hydroxylation sites is 1. The fraction of sp³-hybridized carbons (Fsp3) is 0.273. The van der Waals surface area contributed by atoms with Crippen molar-refractivity contribution in [1.82, 2.24) is 10.1 Å². The summed E-state index contributed by atoms with van der Waals surface area (Å²) in [4.78, 5) is 29.6. The molecule has 1 spiro atoms. The summed E-state index contributed by atoms with van der Waals surface area (Å²) >= 11 is 5.02. The van der Waals surface area contributed by atoms with Gasteiger partial charge in [0.05, 0.1) is 22.5 Å². The molecule has 0 unspecified atom stereocenters. The Kier molecular flexibility index (Phi) is 5.10. The number of anilines is 2. The Balaban J connectivity index is 1.74. The minimum Gasteiger partial charge on any atom is -0.317 e. The summed E-state index contributed by atoms with van der Waals surface area (Å²) in [6.07, 6.45) is 3.28. The molecule has 3 N–H and O–H groups in total. The van der Waals surface area contributed by atoms with Crippen molar-refractivity contribution in [2.75, 3.05) is 16.4 Å². The van der Waals surface area contributed by atoms with Gasteiger partial charge in [-0.1, -0.05) is 59.6 Å². The first-order chi connectivity index (χ1) is 15.0. The fourth-order valence-corrected chi connectivity index (χ4v) is 5.33. The Morgan fingerprint density at radius 3 is 2.81 bits per heavy atom. The third-order valence-electron chi connectivity index (χ3n) is 5.59. The van der Waals surface area contributed by atoms with Gasteiger partial charge >= 0.3 is 22.8 Å². The third kappa shape index (κ3) is 3.18. The number of halogens is 1. The maximum Gasteiger partial charge on any atom is 0.374 e. The molecule has 0 radical (unpaired) electrons. The van der Waals surface area contributed by atoms with Crippen molar-refractivity contribution in [1.29, 1.82) is 0 Å². The topological polar surface area (TPSA) is 90.8 Å². The quantitative estimate of drug-likeness (QED) is 0.282. The number of benzene rings is 2. The minimum absolute atomic E-state index is 0.266. The van der Waals surface area contributed by atoms with Crippen molar-refractivity contribution in [3.8, 4) is 11.3 Å². The van der Waals surface area contributed by atoms with Crippen LogP contribution < -0.4 is 20.9 Å². The van der Waals surface area contributed by atoms with E-state index in [1.54, 1.807) is 4.68 Å². The van der Waals surface area contributed by atoms with Crippen molar-refractivity contribution in [2.24, 2.45) is 0 Å². The number of carbonyl (C=O) groups excluding carboxylic acids is 1. The fourth-order valence-electron chi connectivity index (χ4n) is 4.12. The summed E-state index contributed by atoms with van der Waals surface area (Å²) < 4.78 is 2.40. The average molecular weight is 499 g/mol. The van der Waals surface area contributed by atoms with E-state index in [1.165, 1.54) is 11.8 Å². The molecule has 5 rings (SSSR count). The maximum atomic E-state index is 13.4. The molecule has 2 aromatic carbocycles. The van der Waals surface area contributed by atoms with Gasteiger partial charge in [0.25, 0.3) is 0 Å². The molecule has 158 valence electrons. The molecule has 1 atom stereocenters. The summed E-state index contributed by atoms with van der Waals surface area (Å²) in [6.45, 7) is 2.15. The second-order valence-corrected chi connectivity index (χ2v) is 9.60. The Morgan fingerprint density at radius 1 is 1.13 bits per heavy atom. The van der Waals surface area contributed by atoms with Gasteiger partial charge in [0, 0.05) is 15.3 Å². The number of thioether (sulfide) groups is 1. The van der Waals surface area contributed by atoms with E-state index in [0.29, 0.717) is 33.4 Å². The van der Waals surface area contributed by atoms with Crippen LogP contribution in [0.2, 0.25) is 0 Å². The van der Waals surface area contributed by atoms with E-state index in [9.17, 15) is 9.59 Å². The van der Waals surface area contributed by atoms with Crippen LogP contribution in [0.1, 0.15) is 31.7 Å². The van der Waals surface area contributed by atoms with Crippen LogP contribution in [0.3, 0.4) is 0 Å². The van der Waals surface area contributed by atoms with E-state index in [1.807, 2.05) is 42.5 Å². The van der Waals surface area contributed by atoms with Crippen LogP contribution in [0.4, 0.5) is 11.4 Å². The van der Waals surface area contributed by atoms with Crippen LogP contribution in [0.15, 0.2) is 56.9 Å². The van der Waals surface area contributed by atoms with E-state index in [2.05, 4.69) is 38.5 Å². The lowest BCUT2D eigenvalue weighted by atomic mass is 9.95. The molecular weight excluding hydrogens is 478 g/mol. The largest absolute Gasteiger partial charge is 0.374 e. The van der Waals surface area contributed by atoms with Crippen LogP contribution in [0, 0.1) is 0 Å². The molecule has 31 heavy (non-hydrogen) atoms. The number of carbonyl (C=O) groups is 1. The Bertz CT molecular complexity index is 1260. The maximum absolute atomic E-state index is 13.4. The number of nitrogens with zero attached hydrogens (tertiary/aromatic N) is 2. The normalized spacial score (nSPS) is 18.2. The number of nitrogens with one attached hydrogen (secondary N) is 3. The van der Waals surface area contributed by atoms with Crippen molar-refractivity contribution >= 4 is 45.0 Å². The third-order valence-corrected chi connectivity index (χ3v) is 7.03. The molecular formula is C22H21BrN5O2S+. The predicted octanol–water partition coefficient (Wildman–Crippen LogP) is 3.85. The van der Waals surface area contributed by atoms with Crippen LogP contribution in [0.25, 0.3) is 11.3 Å². The van der Waals surface area contributed by atoms with Gasteiger partial charge in [0.15, 0.2) is 0 Å². The summed E-state index contributed by atoms with van der Waals surface area (Å²) in [6, 6.07) is 13.1. The lowest BCUT2D eigenvalue weighted by Crippen LogP contribution is -2.71. The van der Waals surface area contributed by atoms with E-state index in [4.69, 9.17) is 5.10 Å². The highest BCUT2D eigenvalue weighted by atomic mass is 79.9. The highest BCUT2D eigenvalue weighted by molar-refractivity contribution is 9.10. The average Bonchev–Trinajstić information content (AvgIpc) is 3.03. The smallest absolute Gasteiger partial charge is 0.317 e. The standard InChI is InChI=1S/C22H20BrN5O2S/c1-2-3-6-11-31-21-25-19(29)18-14-7-4-5-8-16(14)26-22(28(18)27-21)15-12-13(23)9-10-17(15)24-20(22)30/h4-5,7-10,12H,2-3,6,11H2,1H3,(H2,24,25,27,29,30)/p+1/t22-/m1/s1. The molecule has 1 aromatic heterocycles. The van der Waals surface area contributed by atoms with E-state index in [0.717, 1.165) is 29.5 Å². The molecule has 0 saturated carbocycles. The van der Waals surface area contributed by atoms with Gasteiger partial charge in [0.2, 0.25) is 5.16 Å². The molecule has 3 aromatic rings. The zero-order valence-corrected chi connectivity index (χ0v) is 19.3. The first kappa shape index (κ1) is 20.3. The number of aromatic amines is 1. The number of amides is 1. The molecule has 2 aliphatic rings. The van der Waals surface area contributed by atoms with Gasteiger partial charge in [0.1, 0.15) is 0 Å². The Labute approximate surface area is 191 Å². The first-order valence-corrected chi connectivity index (χ1v) is 12.0. The summed E-state index contributed by atoms with van der Waals surface area (Å²) in [5, 5.41) is 11.6. The van der Waals surface area contributed by atoms with Gasteiger partial charge in [-0.2, -0.15) is 0 Å². The first-order valence-electron chi connectivity index (χ1n) is 10.2. The molecule has 1 amide bonds. The minimum atomic E-state index is -1.35. The number of H-pyrrole nitrogens is 1. The molecule has 3 heterocycles. The lowest BCUT2D eigenvalue weighted by molar-refractivity contribution is -0.781. The zero-order valence-electron chi connectivity index (χ0n) is 16.9. The van der Waals surface area contributed by atoms with Crippen molar-refractivity contribution in [2.45, 2.75) is 37.0 Å². The van der Waals surface area contributed by atoms with Gasteiger partial charge < -0.3 is 10.6 Å². The monoisotopic (exact) mass is 498 g/mol. The molecule has 0 fully saturated rings. The van der Waals surface area contributed by atoms with E-state index < -0.39 is 5.66 Å². The van der Waals surface area contributed by atoms with Gasteiger partial charge in [-0.05, 0) is 41.4 Å². The number of unbranched alkanes of at least 4 members (excludes halogenated alkanes) is 2. The Morgan fingerprint density at radius 2 is 1.97 bits per heavy atom. The van der Waals surface area contributed by atoms with E-state index >= 15 is 0 Å². The SMILES string of the molecule is CCCCCSc1n[n+]2c(c(=O)[nH]1)-c1ccccc1N[C@@]21C(=O)Nc2ccc(Br)cc21. The van der Waals surface area contributed by atoms with Crippen molar-refractivity contribution in [3.05, 3.63) is 62.9 Å². The number of rotatable bonds is 5. The van der Waals surface area contributed by atoms with Crippen LogP contribution in [0.5, 0.6) is 0 Å². The molecule has 7 nitrogen and oxygen atoms in total. The zero-order chi connectivity index (χ0) is 21.6. The molecule has 0 aliphatic carbocycles. The van der Waals surface area contributed by atoms with Crippen LogP contribution in [-0.4, -0.2) is 21.7 Å². The molecule has 0 saturated heterocycles. The lowest BCUT2D eigenvalue weighted by Gasteiger charge is -2.28. The van der Waals surface area contributed by atoms with Gasteiger partial charge in [-0.25, -0.2) is 0 Å². The van der Waals surface area contributed by atoms with Gasteiger partial charge in [-0.15, -0.1) is 0 Å². The van der Waals surface area contributed by atoms with Crippen LogP contribution >= 0.6 is 27.7 Å². The van der Waals surface area contributed by atoms with E-state index in [-0.39, 0.29) is 11.5 Å². The summed E-state index contributed by atoms with van der Waals surface area (Å²) in [5.41, 5.74) is 1.57. The second-order valence-electron chi connectivity index (χ2n) is 7.60.